The Balaban J connectivity index is 1.63. The first-order valence-electron chi connectivity index (χ1n) is 10.7. The van der Waals surface area contributed by atoms with Crippen molar-refractivity contribution < 1.29 is 14.0 Å². The third-order valence-electron chi connectivity index (χ3n) is 5.74. The standard InChI is InChI=1S/C25H23Cl2FN2O2S/c1-2-11-29(25(32)16-3-6-18(28)7-4-16)15-23(31)30-12-9-22-20(10-13-33-22)24(30)19-8-5-17(26)14-21(19)27/h3-8,10,13-14,24H,2,9,11-12,15H2,1H3. The number of hydrogen-bond donors (Lipinski definition) is 0. The van der Waals surface area contributed by atoms with E-state index in [4.69, 9.17) is 23.2 Å². The van der Waals surface area contributed by atoms with E-state index < -0.39 is 5.82 Å². The molecule has 172 valence electrons. The SMILES string of the molecule is CCCN(CC(=O)N1CCc2sccc2C1c1ccc(Cl)cc1Cl)C(=O)c1ccc(F)cc1. The molecule has 0 fully saturated rings. The number of thiophene rings is 1. The molecule has 3 aromatic rings. The average molecular weight is 505 g/mol. The molecule has 2 heterocycles. The van der Waals surface area contributed by atoms with Crippen LogP contribution in [-0.2, 0) is 11.2 Å². The van der Waals surface area contributed by atoms with Crippen LogP contribution in [0.4, 0.5) is 4.39 Å². The summed E-state index contributed by atoms with van der Waals surface area (Å²) < 4.78 is 13.3. The Kier molecular flexibility index (Phi) is 7.37. The molecule has 2 aromatic carbocycles. The Morgan fingerprint density at radius 3 is 2.58 bits per heavy atom. The molecule has 1 atom stereocenters. The topological polar surface area (TPSA) is 40.6 Å². The summed E-state index contributed by atoms with van der Waals surface area (Å²) in [7, 11) is 0. The van der Waals surface area contributed by atoms with Crippen LogP contribution in [0, 0.1) is 5.82 Å². The number of fused-ring (bicyclic) bond motifs is 1. The Morgan fingerprint density at radius 1 is 1.12 bits per heavy atom. The highest BCUT2D eigenvalue weighted by atomic mass is 35.5. The molecule has 4 rings (SSSR count). The number of rotatable bonds is 6. The zero-order chi connectivity index (χ0) is 23.5. The monoisotopic (exact) mass is 504 g/mol. The van der Waals surface area contributed by atoms with Crippen LogP contribution in [0.1, 0.15) is 45.7 Å². The van der Waals surface area contributed by atoms with Crippen LogP contribution in [0.25, 0.3) is 0 Å². The molecule has 0 bridgehead atoms. The molecule has 0 spiro atoms. The van der Waals surface area contributed by atoms with Crippen LogP contribution < -0.4 is 0 Å². The molecular weight excluding hydrogens is 482 g/mol. The molecule has 4 nitrogen and oxygen atoms in total. The fourth-order valence-electron chi connectivity index (χ4n) is 4.20. The first kappa shape index (κ1) is 23.7. The van der Waals surface area contributed by atoms with Gasteiger partial charge in [0.1, 0.15) is 12.4 Å². The van der Waals surface area contributed by atoms with Gasteiger partial charge < -0.3 is 9.80 Å². The molecule has 33 heavy (non-hydrogen) atoms. The molecule has 0 aliphatic carbocycles. The van der Waals surface area contributed by atoms with Gasteiger partial charge in [0.05, 0.1) is 6.04 Å². The minimum atomic E-state index is -0.410. The maximum atomic E-state index is 13.6. The van der Waals surface area contributed by atoms with Gasteiger partial charge in [-0.05, 0) is 71.8 Å². The van der Waals surface area contributed by atoms with E-state index >= 15 is 0 Å². The number of halogens is 3. The van der Waals surface area contributed by atoms with Crippen molar-refractivity contribution >= 4 is 46.4 Å². The number of carbonyl (C=O) groups is 2. The number of benzene rings is 2. The number of hydrogen-bond acceptors (Lipinski definition) is 3. The van der Waals surface area contributed by atoms with E-state index in [0.717, 1.165) is 17.5 Å². The average Bonchev–Trinajstić information content (AvgIpc) is 3.27. The van der Waals surface area contributed by atoms with Gasteiger partial charge in [-0.2, -0.15) is 0 Å². The van der Waals surface area contributed by atoms with E-state index in [1.54, 1.807) is 28.4 Å². The van der Waals surface area contributed by atoms with Crippen LogP contribution in [-0.4, -0.2) is 41.2 Å². The predicted octanol–water partition coefficient (Wildman–Crippen LogP) is 6.22. The van der Waals surface area contributed by atoms with E-state index in [1.807, 2.05) is 24.4 Å². The molecule has 0 saturated heterocycles. The van der Waals surface area contributed by atoms with Crippen molar-refractivity contribution in [3.8, 4) is 0 Å². The van der Waals surface area contributed by atoms with Crippen LogP contribution in [0.15, 0.2) is 53.9 Å². The Bertz CT molecular complexity index is 1170. The molecule has 2 amide bonds. The Hall–Kier alpha value is -2.41. The van der Waals surface area contributed by atoms with Crippen molar-refractivity contribution in [2.24, 2.45) is 0 Å². The third-order valence-corrected chi connectivity index (χ3v) is 7.30. The highest BCUT2D eigenvalue weighted by Crippen LogP contribution is 2.41. The van der Waals surface area contributed by atoms with Crippen LogP contribution >= 0.6 is 34.5 Å². The van der Waals surface area contributed by atoms with Crippen molar-refractivity contribution in [2.45, 2.75) is 25.8 Å². The van der Waals surface area contributed by atoms with Crippen LogP contribution in [0.5, 0.6) is 0 Å². The lowest BCUT2D eigenvalue weighted by molar-refractivity contribution is -0.134. The lowest BCUT2D eigenvalue weighted by Gasteiger charge is -2.38. The normalized spacial score (nSPS) is 15.3. The predicted molar refractivity (Wildman–Crippen MR) is 131 cm³/mol. The Labute approximate surface area is 206 Å². The summed E-state index contributed by atoms with van der Waals surface area (Å²) in [5, 5.41) is 3.05. The maximum absolute atomic E-state index is 13.6. The molecule has 0 saturated carbocycles. The highest BCUT2D eigenvalue weighted by Gasteiger charge is 2.35. The lowest BCUT2D eigenvalue weighted by Crippen LogP contribution is -2.47. The molecular formula is C25H23Cl2FN2O2S. The molecule has 1 aromatic heterocycles. The molecule has 1 aliphatic rings. The summed E-state index contributed by atoms with van der Waals surface area (Å²) in [6.07, 6.45) is 1.45. The van der Waals surface area contributed by atoms with Gasteiger partial charge in [0.25, 0.3) is 5.91 Å². The van der Waals surface area contributed by atoms with Crippen LogP contribution in [0.2, 0.25) is 10.0 Å². The van der Waals surface area contributed by atoms with Gasteiger partial charge in [-0.1, -0.05) is 36.2 Å². The van der Waals surface area contributed by atoms with Gasteiger partial charge in [0, 0.05) is 33.6 Å². The summed E-state index contributed by atoms with van der Waals surface area (Å²) in [4.78, 5) is 31.2. The molecule has 8 heteroatoms. The van der Waals surface area contributed by atoms with E-state index in [2.05, 4.69) is 0 Å². The number of amides is 2. The largest absolute Gasteiger partial charge is 0.330 e. The minimum absolute atomic E-state index is 0.0643. The highest BCUT2D eigenvalue weighted by molar-refractivity contribution is 7.10. The van der Waals surface area contributed by atoms with Gasteiger partial charge in [-0.3, -0.25) is 9.59 Å². The second-order valence-corrected chi connectivity index (χ2v) is 9.78. The summed E-state index contributed by atoms with van der Waals surface area (Å²) in [6.45, 7) is 2.84. The van der Waals surface area contributed by atoms with Crippen molar-refractivity contribution in [3.63, 3.8) is 0 Å². The van der Waals surface area contributed by atoms with E-state index in [-0.39, 0.29) is 24.4 Å². The van der Waals surface area contributed by atoms with E-state index in [0.29, 0.717) is 35.1 Å². The van der Waals surface area contributed by atoms with Gasteiger partial charge in [0.2, 0.25) is 5.91 Å². The van der Waals surface area contributed by atoms with Gasteiger partial charge >= 0.3 is 0 Å². The molecule has 0 radical (unpaired) electrons. The number of nitrogens with zero attached hydrogens (tertiary/aromatic N) is 2. The molecule has 1 unspecified atom stereocenters. The lowest BCUT2D eigenvalue weighted by atomic mass is 9.93. The van der Waals surface area contributed by atoms with Crippen molar-refractivity contribution in [1.29, 1.82) is 0 Å². The maximum Gasteiger partial charge on any atom is 0.254 e. The van der Waals surface area contributed by atoms with Gasteiger partial charge in [-0.15, -0.1) is 11.3 Å². The first-order valence-corrected chi connectivity index (χ1v) is 12.4. The van der Waals surface area contributed by atoms with Crippen LogP contribution in [0.3, 0.4) is 0 Å². The Morgan fingerprint density at radius 2 is 1.88 bits per heavy atom. The molecule has 0 N–H and O–H groups in total. The van der Waals surface area contributed by atoms with Crippen molar-refractivity contribution in [3.05, 3.63) is 91.3 Å². The fraction of sp³-hybridized carbons (Fsp3) is 0.280. The number of carbonyl (C=O) groups excluding carboxylic acids is 2. The van der Waals surface area contributed by atoms with E-state index in [1.165, 1.54) is 34.0 Å². The van der Waals surface area contributed by atoms with Crippen molar-refractivity contribution in [2.75, 3.05) is 19.6 Å². The summed E-state index contributed by atoms with van der Waals surface area (Å²) in [6, 6.07) is 12.4. The summed E-state index contributed by atoms with van der Waals surface area (Å²) in [5.41, 5.74) is 2.21. The smallest absolute Gasteiger partial charge is 0.254 e. The van der Waals surface area contributed by atoms with Gasteiger partial charge in [0.15, 0.2) is 0 Å². The first-order chi connectivity index (χ1) is 15.9. The quantitative estimate of drug-likeness (QED) is 0.399. The summed E-state index contributed by atoms with van der Waals surface area (Å²) >= 11 is 14.3. The zero-order valence-electron chi connectivity index (χ0n) is 18.1. The summed E-state index contributed by atoms with van der Waals surface area (Å²) in [5.74, 6) is -0.862. The minimum Gasteiger partial charge on any atom is -0.330 e. The zero-order valence-corrected chi connectivity index (χ0v) is 20.4. The van der Waals surface area contributed by atoms with E-state index in [9.17, 15) is 14.0 Å². The fourth-order valence-corrected chi connectivity index (χ4v) is 5.61. The molecule has 1 aliphatic heterocycles. The van der Waals surface area contributed by atoms with Gasteiger partial charge in [-0.25, -0.2) is 4.39 Å². The second kappa shape index (κ2) is 10.2. The van der Waals surface area contributed by atoms with Crippen molar-refractivity contribution in [1.82, 2.24) is 9.80 Å². The third kappa shape index (κ3) is 5.08. The second-order valence-electron chi connectivity index (χ2n) is 7.94.